The van der Waals surface area contributed by atoms with Crippen LogP contribution < -0.4 is 15.3 Å². The molecule has 0 bridgehead atoms. The van der Waals surface area contributed by atoms with E-state index in [-0.39, 0.29) is 17.9 Å². The van der Waals surface area contributed by atoms with E-state index in [2.05, 4.69) is 40.6 Å². The van der Waals surface area contributed by atoms with Gasteiger partial charge in [-0.15, -0.1) is 11.3 Å². The number of aliphatic hydroxyl groups is 1. The normalized spacial score (nSPS) is 13.7. The van der Waals surface area contributed by atoms with Gasteiger partial charge in [0.05, 0.1) is 22.3 Å². The number of carbonyl (C=O) groups is 1. The fourth-order valence-electron chi connectivity index (χ4n) is 5.68. The summed E-state index contributed by atoms with van der Waals surface area (Å²) in [4.78, 5) is 22.0. The van der Waals surface area contributed by atoms with Crippen LogP contribution in [0.2, 0.25) is 0 Å². The second-order valence-corrected chi connectivity index (χ2v) is 13.0. The van der Waals surface area contributed by atoms with Gasteiger partial charge in [-0.2, -0.15) is 15.0 Å². The molecule has 2 heterocycles. The van der Waals surface area contributed by atoms with Crippen LogP contribution in [-0.2, 0) is 23.4 Å². The van der Waals surface area contributed by atoms with Crippen LogP contribution in [0, 0.1) is 23.0 Å². The standard InChI is InChI=1S/C37H39F2N7O3S/c1-5-29(6-2)41-19-27-9-7-8-10-32(27)44-36(47)49-24(4)34-42-22-46(45-34)21-37(48,30-17-28(38)15-16-31(30)39)23(3)35-43-33(20-50-35)26-13-11-25(18-40)12-14-26/h7-17,20,22-24,29,41,48H,5-6,19,21H2,1-4H3,(H,44,47)/p+1/t23-,24?,37+/m0/s1. The smallest absolute Gasteiger partial charge is 0.412 e. The predicted molar refractivity (Wildman–Crippen MR) is 186 cm³/mol. The Morgan fingerprint density at radius 2 is 1.86 bits per heavy atom. The first kappa shape index (κ1) is 36.3. The monoisotopic (exact) mass is 700 g/mol. The van der Waals surface area contributed by atoms with Crippen molar-refractivity contribution in [1.82, 2.24) is 20.4 Å². The average Bonchev–Trinajstić information content (AvgIpc) is 3.81. The quantitative estimate of drug-likeness (QED) is 0.0895. The summed E-state index contributed by atoms with van der Waals surface area (Å²) in [7, 11) is 0. The maximum Gasteiger partial charge on any atom is 0.412 e. The zero-order valence-electron chi connectivity index (χ0n) is 28.3. The Morgan fingerprint density at radius 1 is 1.12 bits per heavy atom. The highest BCUT2D eigenvalue weighted by Crippen LogP contribution is 2.41. The maximum atomic E-state index is 15.3. The van der Waals surface area contributed by atoms with Crippen molar-refractivity contribution in [1.29, 1.82) is 5.26 Å². The number of hydrogen-bond acceptors (Lipinski definition) is 8. The van der Waals surface area contributed by atoms with Gasteiger partial charge in [-0.05, 0) is 66.7 Å². The highest BCUT2D eigenvalue weighted by Gasteiger charge is 2.44. The number of para-hydroxylation sites is 1. The van der Waals surface area contributed by atoms with Gasteiger partial charge in [-0.1, -0.05) is 51.1 Å². The summed E-state index contributed by atoms with van der Waals surface area (Å²) in [6, 6.07) is 19.8. The van der Waals surface area contributed by atoms with Crippen LogP contribution in [0.5, 0.6) is 0 Å². The SMILES string of the molecule is CCC(CC)NCc1ccccc1NC(=O)OC(C)c1nc[n+](C[C@](O)(c2cc(F)ccc2F)[C@@H](C)c2nc(-c3ccc(C#N)cc3)cs2)[nH]1. The van der Waals surface area contributed by atoms with Gasteiger partial charge in [0.25, 0.3) is 5.82 Å². The number of H-pyrrole nitrogens is 1. The van der Waals surface area contributed by atoms with Crippen molar-refractivity contribution >= 4 is 23.1 Å². The van der Waals surface area contributed by atoms with Crippen molar-refractivity contribution in [3.8, 4) is 17.3 Å². The lowest BCUT2D eigenvalue weighted by Crippen LogP contribution is -2.50. The first-order chi connectivity index (χ1) is 24.0. The molecule has 0 fully saturated rings. The van der Waals surface area contributed by atoms with Crippen molar-refractivity contribution in [2.75, 3.05) is 5.32 Å². The van der Waals surface area contributed by atoms with Gasteiger partial charge in [0.15, 0.2) is 6.10 Å². The summed E-state index contributed by atoms with van der Waals surface area (Å²) < 4.78 is 36.9. The van der Waals surface area contributed by atoms with E-state index >= 15 is 4.39 Å². The number of amides is 1. The second kappa shape index (κ2) is 16.1. The number of aromatic nitrogens is 4. The van der Waals surface area contributed by atoms with E-state index in [9.17, 15) is 14.3 Å². The maximum absolute atomic E-state index is 15.3. The van der Waals surface area contributed by atoms with Crippen LogP contribution in [0.3, 0.4) is 0 Å². The molecular weight excluding hydrogens is 661 g/mol. The fourth-order valence-corrected chi connectivity index (χ4v) is 6.65. The zero-order chi connectivity index (χ0) is 35.8. The lowest BCUT2D eigenvalue weighted by atomic mass is 9.82. The van der Waals surface area contributed by atoms with E-state index in [1.54, 1.807) is 44.2 Å². The molecule has 10 nitrogen and oxygen atoms in total. The summed E-state index contributed by atoms with van der Waals surface area (Å²) in [6.07, 6.45) is 1.88. The van der Waals surface area contributed by atoms with Gasteiger partial charge in [0.1, 0.15) is 23.8 Å². The first-order valence-electron chi connectivity index (χ1n) is 16.4. The Kier molecular flexibility index (Phi) is 11.7. The minimum Gasteiger partial charge on any atom is -0.435 e. The van der Waals surface area contributed by atoms with E-state index in [1.165, 1.54) is 22.3 Å². The molecule has 0 saturated carbocycles. The number of carbonyl (C=O) groups excluding carboxylic acids is 1. The molecule has 5 aromatic rings. The Morgan fingerprint density at radius 3 is 2.58 bits per heavy atom. The van der Waals surface area contributed by atoms with Gasteiger partial charge in [-0.25, -0.2) is 18.6 Å². The molecule has 13 heteroatoms. The van der Waals surface area contributed by atoms with Gasteiger partial charge >= 0.3 is 12.4 Å². The summed E-state index contributed by atoms with van der Waals surface area (Å²) >= 11 is 1.27. The molecule has 50 heavy (non-hydrogen) atoms. The number of nitriles is 1. The van der Waals surface area contributed by atoms with Crippen LogP contribution in [0.1, 0.15) is 80.1 Å². The fraction of sp³-hybridized carbons (Fsp3) is 0.324. The van der Waals surface area contributed by atoms with Crippen molar-refractivity contribution in [3.63, 3.8) is 0 Å². The number of rotatable bonds is 14. The molecule has 2 aromatic heterocycles. The Bertz CT molecular complexity index is 1950. The van der Waals surface area contributed by atoms with Gasteiger partial charge in [0.2, 0.25) is 0 Å². The van der Waals surface area contributed by atoms with Crippen molar-refractivity contribution in [2.24, 2.45) is 0 Å². The highest BCUT2D eigenvalue weighted by atomic mass is 32.1. The topological polar surface area (TPSA) is 140 Å². The number of halogens is 2. The second-order valence-electron chi connectivity index (χ2n) is 12.1. The van der Waals surface area contributed by atoms with Crippen molar-refractivity contribution in [2.45, 2.75) is 77.3 Å². The van der Waals surface area contributed by atoms with E-state index in [0.717, 1.165) is 42.2 Å². The van der Waals surface area contributed by atoms with Gasteiger partial charge < -0.3 is 15.2 Å². The molecule has 5 rings (SSSR count). The minimum atomic E-state index is -1.99. The van der Waals surface area contributed by atoms with E-state index in [4.69, 9.17) is 15.0 Å². The van der Waals surface area contributed by atoms with Crippen LogP contribution in [0.4, 0.5) is 19.3 Å². The molecule has 1 amide bonds. The van der Waals surface area contributed by atoms with Crippen LogP contribution in [-0.4, -0.2) is 32.3 Å². The molecule has 260 valence electrons. The van der Waals surface area contributed by atoms with Crippen LogP contribution >= 0.6 is 11.3 Å². The van der Waals surface area contributed by atoms with Crippen molar-refractivity contribution < 1.29 is 28.1 Å². The molecule has 4 N–H and O–H groups in total. The average molecular weight is 701 g/mol. The molecule has 0 spiro atoms. The molecule has 0 saturated heterocycles. The summed E-state index contributed by atoms with van der Waals surface area (Å²) in [5.41, 5.74) is 1.20. The number of nitrogens with zero attached hydrogens (tertiary/aromatic N) is 4. The molecule has 0 aliphatic carbocycles. The lowest BCUT2D eigenvalue weighted by molar-refractivity contribution is -0.765. The molecule has 0 radical (unpaired) electrons. The largest absolute Gasteiger partial charge is 0.435 e. The summed E-state index contributed by atoms with van der Waals surface area (Å²) in [5, 5.41) is 33.0. The van der Waals surface area contributed by atoms with Gasteiger partial charge in [-0.3, -0.25) is 5.32 Å². The Hall–Kier alpha value is -5.03. The third-order valence-corrected chi connectivity index (χ3v) is 9.84. The minimum absolute atomic E-state index is 0.246. The number of aromatic amines is 1. The number of hydrogen-bond donors (Lipinski definition) is 4. The number of benzene rings is 3. The number of nitrogens with one attached hydrogen (secondary N) is 3. The van der Waals surface area contributed by atoms with Crippen LogP contribution in [0.15, 0.2) is 78.4 Å². The number of ether oxygens (including phenoxy) is 1. The van der Waals surface area contributed by atoms with E-state index in [0.29, 0.717) is 34.5 Å². The molecule has 3 atom stereocenters. The Balaban J connectivity index is 1.33. The molecule has 0 aliphatic rings. The summed E-state index contributed by atoms with van der Waals surface area (Å²) in [6.45, 7) is 7.91. The molecular formula is C37H40F2N7O3S+. The van der Waals surface area contributed by atoms with E-state index in [1.807, 2.05) is 23.6 Å². The third-order valence-electron chi connectivity index (χ3n) is 8.81. The number of thiazole rings is 1. The predicted octanol–water partition coefficient (Wildman–Crippen LogP) is 7.25. The molecule has 1 unspecified atom stereocenters. The highest BCUT2D eigenvalue weighted by molar-refractivity contribution is 7.10. The summed E-state index contributed by atoms with van der Waals surface area (Å²) in [5.74, 6) is -2.03. The van der Waals surface area contributed by atoms with Crippen molar-refractivity contribution in [3.05, 3.63) is 118 Å². The first-order valence-corrected chi connectivity index (χ1v) is 17.3. The lowest BCUT2D eigenvalue weighted by Gasteiger charge is -2.32. The zero-order valence-corrected chi connectivity index (χ0v) is 29.1. The molecule has 3 aromatic carbocycles. The van der Waals surface area contributed by atoms with Gasteiger partial charge in [0, 0.05) is 40.7 Å². The van der Waals surface area contributed by atoms with E-state index < -0.39 is 35.4 Å². The third kappa shape index (κ3) is 8.39. The van der Waals surface area contributed by atoms with Crippen LogP contribution in [0.25, 0.3) is 11.3 Å². The Labute approximate surface area is 293 Å². The number of anilines is 1. The molecule has 0 aliphatic heterocycles.